The number of hydrogen-bond donors (Lipinski definition) is 2. The molecule has 1 aromatic carbocycles. The number of hydrogen-bond acceptors (Lipinski definition) is 5. The van der Waals surface area contributed by atoms with E-state index in [1.54, 1.807) is 23.7 Å². The molecule has 0 bridgehead atoms. The van der Waals surface area contributed by atoms with Crippen LogP contribution in [-0.4, -0.2) is 28.2 Å². The van der Waals surface area contributed by atoms with Crippen molar-refractivity contribution in [1.82, 2.24) is 20.6 Å². The summed E-state index contributed by atoms with van der Waals surface area (Å²) in [6.07, 6.45) is 0. The fourth-order valence-corrected chi connectivity index (χ4v) is 2.87. The van der Waals surface area contributed by atoms with Crippen molar-refractivity contribution in [2.24, 2.45) is 0 Å². The lowest BCUT2D eigenvalue weighted by Gasteiger charge is -2.07. The van der Waals surface area contributed by atoms with Crippen LogP contribution in [0.4, 0.5) is 0 Å². The number of nitrogens with one attached hydrogen (secondary N) is 2. The average Bonchev–Trinajstić information content (AvgIpc) is 3.12. The van der Waals surface area contributed by atoms with E-state index in [2.05, 4.69) is 16.0 Å². The molecule has 0 spiro atoms. The van der Waals surface area contributed by atoms with E-state index in [1.165, 1.54) is 0 Å². The van der Waals surface area contributed by atoms with E-state index in [9.17, 15) is 9.59 Å². The van der Waals surface area contributed by atoms with Gasteiger partial charge in [0, 0.05) is 16.6 Å². The number of benzene rings is 1. The van der Waals surface area contributed by atoms with Crippen LogP contribution in [0.25, 0.3) is 11.0 Å². The van der Waals surface area contributed by atoms with E-state index in [4.69, 9.17) is 9.15 Å². The maximum Gasteiger partial charge on any atom is 0.305 e. The zero-order valence-corrected chi connectivity index (χ0v) is 15.8. The summed E-state index contributed by atoms with van der Waals surface area (Å²) in [6.45, 7) is 7.96. The predicted octanol–water partition coefficient (Wildman–Crippen LogP) is 2.41. The zero-order valence-electron chi connectivity index (χ0n) is 15.8. The maximum absolute atomic E-state index is 12.4. The van der Waals surface area contributed by atoms with Gasteiger partial charge in [0.1, 0.15) is 17.9 Å². The summed E-state index contributed by atoms with van der Waals surface area (Å²) in [5.41, 5.74) is 7.72. The minimum absolute atomic E-state index is 0.0107. The van der Waals surface area contributed by atoms with Gasteiger partial charge in [-0.05, 0) is 52.0 Å². The zero-order chi connectivity index (χ0) is 19.6. The minimum atomic E-state index is -0.525. The van der Waals surface area contributed by atoms with E-state index >= 15 is 0 Å². The van der Waals surface area contributed by atoms with Crippen LogP contribution in [0.3, 0.4) is 0 Å². The normalized spacial score (nSPS) is 10.8. The van der Waals surface area contributed by atoms with Gasteiger partial charge in [-0.3, -0.25) is 25.1 Å². The molecule has 2 N–H and O–H groups in total. The van der Waals surface area contributed by atoms with Crippen molar-refractivity contribution in [3.63, 3.8) is 0 Å². The Morgan fingerprint density at radius 1 is 1.19 bits per heavy atom. The third-order valence-electron chi connectivity index (χ3n) is 4.14. The molecule has 0 atom stereocenters. The third-order valence-corrected chi connectivity index (χ3v) is 4.14. The number of ether oxygens (including phenoxy) is 1. The highest BCUT2D eigenvalue weighted by atomic mass is 16.5. The smallest absolute Gasteiger partial charge is 0.305 e. The molecule has 142 valence electrons. The number of carbonyl (C=O) groups is 2. The molecule has 27 heavy (non-hydrogen) atoms. The van der Waals surface area contributed by atoms with Crippen molar-refractivity contribution in [1.29, 1.82) is 0 Å². The molecule has 3 aromatic rings. The van der Waals surface area contributed by atoms with E-state index < -0.39 is 5.91 Å². The number of amides is 2. The first-order chi connectivity index (χ1) is 12.9. The topological polar surface area (TPSA) is 98.4 Å². The number of hydrazine groups is 1. The monoisotopic (exact) mass is 370 g/mol. The SMILES string of the molecule is CCOc1ccc2oc(C(=O)NNC(=O)Cn3nc(C)cc3C)c(C)c2c1. The molecule has 0 radical (unpaired) electrons. The van der Waals surface area contributed by atoms with Gasteiger partial charge in [-0.2, -0.15) is 5.10 Å². The fraction of sp³-hybridized carbons (Fsp3) is 0.316. The van der Waals surface area contributed by atoms with Gasteiger partial charge in [-0.15, -0.1) is 0 Å². The summed E-state index contributed by atoms with van der Waals surface area (Å²) in [5, 5.41) is 5.01. The van der Waals surface area contributed by atoms with E-state index in [0.717, 1.165) is 16.8 Å². The molecule has 8 heteroatoms. The van der Waals surface area contributed by atoms with Crippen LogP contribution in [0, 0.1) is 20.8 Å². The second-order valence-corrected chi connectivity index (χ2v) is 6.23. The highest BCUT2D eigenvalue weighted by molar-refractivity contribution is 5.99. The molecular formula is C19H22N4O4. The lowest BCUT2D eigenvalue weighted by atomic mass is 10.1. The number of fused-ring (bicyclic) bond motifs is 1. The highest BCUT2D eigenvalue weighted by Crippen LogP contribution is 2.28. The molecule has 0 aliphatic heterocycles. The van der Waals surface area contributed by atoms with E-state index in [0.29, 0.717) is 23.5 Å². The number of aryl methyl sites for hydroxylation is 3. The summed E-state index contributed by atoms with van der Waals surface area (Å²) >= 11 is 0. The van der Waals surface area contributed by atoms with Crippen LogP contribution >= 0.6 is 0 Å². The molecule has 0 unspecified atom stereocenters. The third kappa shape index (κ3) is 3.94. The second kappa shape index (κ2) is 7.53. The Balaban J connectivity index is 1.68. The van der Waals surface area contributed by atoms with Crippen LogP contribution in [-0.2, 0) is 11.3 Å². The lowest BCUT2D eigenvalue weighted by Crippen LogP contribution is -2.43. The molecular weight excluding hydrogens is 348 g/mol. The summed E-state index contributed by atoms with van der Waals surface area (Å²) in [7, 11) is 0. The number of nitrogens with zero attached hydrogens (tertiary/aromatic N) is 2. The number of aromatic nitrogens is 2. The minimum Gasteiger partial charge on any atom is -0.494 e. The molecule has 0 saturated carbocycles. The Kier molecular flexibility index (Phi) is 5.16. The van der Waals surface area contributed by atoms with E-state index in [1.807, 2.05) is 32.9 Å². The first kappa shape index (κ1) is 18.5. The molecule has 0 saturated heterocycles. The van der Waals surface area contributed by atoms with Gasteiger partial charge in [-0.1, -0.05) is 0 Å². The molecule has 0 fully saturated rings. The van der Waals surface area contributed by atoms with Crippen LogP contribution in [0.1, 0.15) is 34.4 Å². The van der Waals surface area contributed by atoms with Crippen molar-refractivity contribution in [2.45, 2.75) is 34.2 Å². The van der Waals surface area contributed by atoms with Gasteiger partial charge in [0.05, 0.1) is 12.3 Å². The molecule has 8 nitrogen and oxygen atoms in total. The molecule has 2 heterocycles. The Bertz CT molecular complexity index is 1000. The molecule has 3 rings (SSSR count). The summed E-state index contributed by atoms with van der Waals surface area (Å²) in [5.74, 6) is -0.0607. The molecule has 0 aliphatic carbocycles. The first-order valence-electron chi connectivity index (χ1n) is 8.65. The van der Waals surface area contributed by atoms with Gasteiger partial charge >= 0.3 is 5.91 Å². The van der Waals surface area contributed by atoms with Crippen LogP contribution in [0.2, 0.25) is 0 Å². The molecule has 0 aliphatic rings. The number of furan rings is 1. The standard InChI is InChI=1S/C19H22N4O4/c1-5-26-14-6-7-16-15(9-14)13(4)18(27-16)19(25)21-20-17(24)10-23-12(3)8-11(2)22-23/h6-9H,5,10H2,1-4H3,(H,20,24)(H,21,25). The Morgan fingerprint density at radius 2 is 1.96 bits per heavy atom. The van der Waals surface area contributed by atoms with Gasteiger partial charge in [0.25, 0.3) is 5.91 Å². The van der Waals surface area contributed by atoms with Crippen LogP contribution in [0.5, 0.6) is 5.75 Å². The number of carbonyl (C=O) groups excluding carboxylic acids is 2. The van der Waals surface area contributed by atoms with Gasteiger partial charge in [-0.25, -0.2) is 0 Å². The van der Waals surface area contributed by atoms with Crippen molar-refractivity contribution >= 4 is 22.8 Å². The Morgan fingerprint density at radius 3 is 2.63 bits per heavy atom. The van der Waals surface area contributed by atoms with Gasteiger partial charge < -0.3 is 9.15 Å². The van der Waals surface area contributed by atoms with Crippen LogP contribution < -0.4 is 15.6 Å². The van der Waals surface area contributed by atoms with Crippen molar-refractivity contribution in [2.75, 3.05) is 6.61 Å². The number of rotatable bonds is 5. The summed E-state index contributed by atoms with van der Waals surface area (Å²) < 4.78 is 12.7. The molecule has 2 amide bonds. The predicted molar refractivity (Wildman–Crippen MR) is 99.4 cm³/mol. The Labute approximate surface area is 156 Å². The fourth-order valence-electron chi connectivity index (χ4n) is 2.87. The highest BCUT2D eigenvalue weighted by Gasteiger charge is 2.19. The maximum atomic E-state index is 12.4. The average molecular weight is 370 g/mol. The first-order valence-corrected chi connectivity index (χ1v) is 8.65. The quantitative estimate of drug-likeness (QED) is 0.672. The molecule has 2 aromatic heterocycles. The van der Waals surface area contributed by atoms with Crippen molar-refractivity contribution in [3.05, 3.63) is 47.0 Å². The van der Waals surface area contributed by atoms with Crippen LogP contribution in [0.15, 0.2) is 28.7 Å². The largest absolute Gasteiger partial charge is 0.494 e. The van der Waals surface area contributed by atoms with Crippen molar-refractivity contribution in [3.8, 4) is 5.75 Å². The second-order valence-electron chi connectivity index (χ2n) is 6.23. The van der Waals surface area contributed by atoms with Crippen molar-refractivity contribution < 1.29 is 18.7 Å². The summed E-state index contributed by atoms with van der Waals surface area (Å²) in [4.78, 5) is 24.4. The van der Waals surface area contributed by atoms with E-state index in [-0.39, 0.29) is 18.2 Å². The summed E-state index contributed by atoms with van der Waals surface area (Å²) in [6, 6.07) is 7.24. The van der Waals surface area contributed by atoms with Gasteiger partial charge in [0.2, 0.25) is 0 Å². The Hall–Kier alpha value is -3.29. The van der Waals surface area contributed by atoms with Gasteiger partial charge in [0.15, 0.2) is 5.76 Å². The lowest BCUT2D eigenvalue weighted by molar-refractivity contribution is -0.122.